The zero-order valence-electron chi connectivity index (χ0n) is 19.1. The van der Waals surface area contributed by atoms with Crippen LogP contribution in [-0.2, 0) is 9.59 Å². The van der Waals surface area contributed by atoms with Crippen molar-refractivity contribution in [1.29, 1.82) is 5.41 Å². The number of anilines is 2. The van der Waals surface area contributed by atoms with Crippen LogP contribution in [0.25, 0.3) is 21.9 Å². The summed E-state index contributed by atoms with van der Waals surface area (Å²) >= 11 is 0. The number of nitrogens with one attached hydrogen (secondary N) is 4. The standard InChI is InChI=1S/C24H27N7O3/c1-14-4-5-27-11-18(14)15-6-16-8-21(29-12-19(16)20(26)7-15)31-23(33)22(32)30-17(9-25)10-28-13-24(2,3)34/h4-12,25,28,34H,13,26H2,1-3H3,(H,30,32)(H,29,31,33)/b17-10+,25-9?. The Bertz CT molecular complexity index is 1280. The second-order valence-electron chi connectivity index (χ2n) is 8.39. The molecule has 0 unspecified atom stereocenters. The van der Waals surface area contributed by atoms with Gasteiger partial charge in [-0.15, -0.1) is 0 Å². The maximum atomic E-state index is 12.4. The first-order chi connectivity index (χ1) is 16.1. The van der Waals surface area contributed by atoms with Crippen molar-refractivity contribution in [2.45, 2.75) is 26.4 Å². The normalized spacial score (nSPS) is 11.7. The van der Waals surface area contributed by atoms with Crippen LogP contribution < -0.4 is 21.7 Å². The Hall–Kier alpha value is -4.31. The van der Waals surface area contributed by atoms with Crippen molar-refractivity contribution < 1.29 is 14.7 Å². The highest BCUT2D eigenvalue weighted by molar-refractivity contribution is 6.40. The van der Waals surface area contributed by atoms with Crippen molar-refractivity contribution in [1.82, 2.24) is 20.6 Å². The Morgan fingerprint density at radius 3 is 2.65 bits per heavy atom. The van der Waals surface area contributed by atoms with Gasteiger partial charge in [-0.3, -0.25) is 14.6 Å². The number of hydrogen-bond donors (Lipinski definition) is 6. The van der Waals surface area contributed by atoms with Crippen LogP contribution in [0.1, 0.15) is 19.4 Å². The second kappa shape index (κ2) is 10.1. The fraction of sp³-hybridized carbons (Fsp3) is 0.208. The predicted octanol–water partition coefficient (Wildman–Crippen LogP) is 2.09. The van der Waals surface area contributed by atoms with Gasteiger partial charge in [-0.25, -0.2) is 4.98 Å². The first-order valence-electron chi connectivity index (χ1n) is 10.5. The van der Waals surface area contributed by atoms with Crippen LogP contribution in [0.2, 0.25) is 0 Å². The highest BCUT2D eigenvalue weighted by Gasteiger charge is 2.17. The number of hydrogen-bond acceptors (Lipinski definition) is 8. The molecule has 0 saturated heterocycles. The molecule has 34 heavy (non-hydrogen) atoms. The highest BCUT2D eigenvalue weighted by atomic mass is 16.3. The largest absolute Gasteiger partial charge is 0.398 e. The van der Waals surface area contributed by atoms with Gasteiger partial charge in [0.15, 0.2) is 0 Å². The molecule has 2 heterocycles. The summed E-state index contributed by atoms with van der Waals surface area (Å²) in [5.74, 6) is -1.75. The predicted molar refractivity (Wildman–Crippen MR) is 132 cm³/mol. The molecule has 0 fully saturated rings. The Balaban J connectivity index is 1.77. The summed E-state index contributed by atoms with van der Waals surface area (Å²) in [4.78, 5) is 33.0. The van der Waals surface area contributed by atoms with Gasteiger partial charge in [0.2, 0.25) is 0 Å². The number of allylic oxidation sites excluding steroid dienone is 1. The van der Waals surface area contributed by atoms with Gasteiger partial charge in [-0.2, -0.15) is 0 Å². The number of aryl methyl sites for hydroxylation is 1. The van der Waals surface area contributed by atoms with Crippen LogP contribution in [0, 0.1) is 12.3 Å². The van der Waals surface area contributed by atoms with Gasteiger partial charge in [0.1, 0.15) is 5.82 Å². The number of aliphatic hydroxyl groups is 1. The third-order valence-corrected chi connectivity index (χ3v) is 4.87. The number of benzene rings is 1. The van der Waals surface area contributed by atoms with Crippen LogP contribution in [-0.4, -0.2) is 45.2 Å². The third kappa shape index (κ3) is 6.14. The molecule has 2 amide bonds. The highest BCUT2D eigenvalue weighted by Crippen LogP contribution is 2.31. The summed E-state index contributed by atoms with van der Waals surface area (Å²) in [6.07, 6.45) is 7.21. The van der Waals surface area contributed by atoms with E-state index in [9.17, 15) is 14.7 Å². The van der Waals surface area contributed by atoms with E-state index in [2.05, 4.69) is 25.9 Å². The Morgan fingerprint density at radius 2 is 1.97 bits per heavy atom. The van der Waals surface area contributed by atoms with Gasteiger partial charge < -0.3 is 32.2 Å². The van der Waals surface area contributed by atoms with E-state index >= 15 is 0 Å². The van der Waals surface area contributed by atoms with Gasteiger partial charge in [-0.1, -0.05) is 0 Å². The summed E-state index contributed by atoms with van der Waals surface area (Å²) in [5, 5.41) is 26.1. The SMILES string of the molecule is Cc1ccncc1-c1cc(N)c2cnc(NC(=O)C(=O)N/C(C=N)=C/NCC(C)(C)O)cc2c1. The van der Waals surface area contributed by atoms with Crippen LogP contribution in [0.4, 0.5) is 11.5 Å². The van der Waals surface area contributed by atoms with Crippen LogP contribution >= 0.6 is 0 Å². The smallest absolute Gasteiger partial charge is 0.315 e. The molecular weight excluding hydrogens is 434 g/mol. The summed E-state index contributed by atoms with van der Waals surface area (Å²) in [7, 11) is 0. The lowest BCUT2D eigenvalue weighted by atomic mass is 9.99. The van der Waals surface area contributed by atoms with Crippen molar-refractivity contribution in [2.24, 2.45) is 0 Å². The molecule has 0 aliphatic heterocycles. The number of aromatic nitrogens is 2. The van der Waals surface area contributed by atoms with E-state index in [1.807, 2.05) is 25.1 Å². The summed E-state index contributed by atoms with van der Waals surface area (Å²) in [5.41, 5.74) is 8.67. The number of carbonyl (C=O) groups excluding carboxylic acids is 2. The third-order valence-electron chi connectivity index (χ3n) is 4.87. The molecule has 0 saturated carbocycles. The topological polar surface area (TPSA) is 166 Å². The number of nitrogens with two attached hydrogens (primary N) is 1. The van der Waals surface area contributed by atoms with Crippen LogP contribution in [0.15, 0.2) is 54.8 Å². The van der Waals surface area contributed by atoms with E-state index in [4.69, 9.17) is 11.1 Å². The number of nitrogen functional groups attached to an aromatic ring is 1. The first kappa shape index (κ1) is 24.3. The molecule has 176 valence electrons. The number of amides is 2. The maximum Gasteiger partial charge on any atom is 0.315 e. The molecule has 2 aromatic heterocycles. The van der Waals surface area contributed by atoms with Crippen molar-refractivity contribution in [3.05, 3.63) is 60.3 Å². The lowest BCUT2D eigenvalue weighted by Gasteiger charge is -2.17. The minimum absolute atomic E-state index is 0.0557. The van der Waals surface area contributed by atoms with Gasteiger partial charge in [0, 0.05) is 54.2 Å². The molecule has 3 aromatic rings. The summed E-state index contributed by atoms with van der Waals surface area (Å²) in [6.45, 7) is 5.38. The van der Waals surface area contributed by atoms with Crippen molar-refractivity contribution >= 4 is 40.3 Å². The van der Waals surface area contributed by atoms with Gasteiger partial charge in [0.05, 0.1) is 11.3 Å². The van der Waals surface area contributed by atoms with Crippen molar-refractivity contribution in [2.75, 3.05) is 17.6 Å². The summed E-state index contributed by atoms with van der Waals surface area (Å²) < 4.78 is 0. The molecule has 10 nitrogen and oxygen atoms in total. The van der Waals surface area contributed by atoms with E-state index in [1.165, 1.54) is 12.4 Å². The second-order valence-corrected chi connectivity index (χ2v) is 8.39. The molecule has 0 radical (unpaired) electrons. The number of carbonyl (C=O) groups is 2. The van der Waals surface area contributed by atoms with Gasteiger partial charge in [-0.05, 0) is 61.5 Å². The average Bonchev–Trinajstić information content (AvgIpc) is 2.77. The fourth-order valence-electron chi connectivity index (χ4n) is 3.16. The number of rotatable bonds is 7. The van der Waals surface area contributed by atoms with Gasteiger partial charge in [0.25, 0.3) is 0 Å². The van der Waals surface area contributed by atoms with E-state index in [-0.39, 0.29) is 18.1 Å². The Kier molecular flexibility index (Phi) is 7.22. The molecule has 3 rings (SSSR count). The van der Waals surface area contributed by atoms with E-state index in [0.29, 0.717) is 11.1 Å². The van der Waals surface area contributed by atoms with Gasteiger partial charge >= 0.3 is 11.8 Å². The lowest BCUT2D eigenvalue weighted by molar-refractivity contribution is -0.135. The Morgan fingerprint density at radius 1 is 1.21 bits per heavy atom. The molecule has 0 aliphatic carbocycles. The fourth-order valence-corrected chi connectivity index (χ4v) is 3.16. The molecular formula is C24H27N7O3. The molecule has 0 bridgehead atoms. The molecule has 0 atom stereocenters. The first-order valence-corrected chi connectivity index (χ1v) is 10.5. The minimum atomic E-state index is -0.980. The number of nitrogens with zero attached hydrogens (tertiary/aromatic N) is 2. The lowest BCUT2D eigenvalue weighted by Crippen LogP contribution is -2.37. The molecule has 10 heteroatoms. The van der Waals surface area contributed by atoms with E-state index < -0.39 is 17.4 Å². The summed E-state index contributed by atoms with van der Waals surface area (Å²) in [6, 6.07) is 7.29. The minimum Gasteiger partial charge on any atom is -0.398 e. The van der Waals surface area contributed by atoms with Crippen LogP contribution in [0.3, 0.4) is 0 Å². The van der Waals surface area contributed by atoms with Crippen molar-refractivity contribution in [3.63, 3.8) is 0 Å². The molecule has 0 aliphatic rings. The quantitative estimate of drug-likeness (QED) is 0.178. The van der Waals surface area contributed by atoms with E-state index in [0.717, 1.165) is 28.3 Å². The van der Waals surface area contributed by atoms with Crippen molar-refractivity contribution in [3.8, 4) is 11.1 Å². The number of fused-ring (bicyclic) bond motifs is 1. The molecule has 7 N–H and O–H groups in total. The van der Waals surface area contributed by atoms with E-state index in [1.54, 1.807) is 32.3 Å². The average molecular weight is 462 g/mol. The molecule has 0 spiro atoms. The molecule has 1 aromatic carbocycles. The zero-order valence-corrected chi connectivity index (χ0v) is 19.1. The maximum absolute atomic E-state index is 12.4. The number of pyridine rings is 2. The van der Waals surface area contributed by atoms with Crippen LogP contribution in [0.5, 0.6) is 0 Å². The Labute approximate surface area is 196 Å². The monoisotopic (exact) mass is 461 g/mol. The zero-order chi connectivity index (χ0) is 24.9.